The lowest BCUT2D eigenvalue weighted by molar-refractivity contribution is -0.240. The average molecular weight is 423 g/mol. The lowest BCUT2D eigenvalue weighted by atomic mass is 9.96. The third-order valence-electron chi connectivity index (χ3n) is 4.85. The van der Waals surface area contributed by atoms with Gasteiger partial charge in [-0.1, -0.05) is 11.2 Å². The standard InChI is InChI=1S/C21H30FN3O5/c1-20(2,3)29-19(27)25-10-7-11-28-15(12-25)18(26)23-21(4,5)17-13-8-6-9-14(22)16(13)30-24-17/h6,8-9,15,19,27H,7,10-12H2,1-5H3,(H,23,26). The maximum absolute atomic E-state index is 13.9. The molecule has 2 N–H and O–H groups in total. The monoisotopic (exact) mass is 423 g/mol. The van der Waals surface area contributed by atoms with Crippen molar-refractivity contribution in [2.45, 2.75) is 64.7 Å². The Morgan fingerprint density at radius 2 is 2.10 bits per heavy atom. The number of carbonyl (C=O) groups excluding carboxylic acids is 1. The smallest absolute Gasteiger partial charge is 0.251 e. The van der Waals surface area contributed by atoms with Gasteiger partial charge in [0, 0.05) is 19.7 Å². The summed E-state index contributed by atoms with van der Waals surface area (Å²) in [5, 5.41) is 17.8. The van der Waals surface area contributed by atoms with Gasteiger partial charge in [-0.3, -0.25) is 9.69 Å². The van der Waals surface area contributed by atoms with Crippen LogP contribution in [0.5, 0.6) is 0 Å². The van der Waals surface area contributed by atoms with Gasteiger partial charge in [-0.25, -0.2) is 4.39 Å². The molecular formula is C21H30FN3O5. The van der Waals surface area contributed by atoms with Gasteiger partial charge in [0.15, 0.2) is 5.82 Å². The number of nitrogens with zero attached hydrogens (tertiary/aromatic N) is 2. The number of rotatable bonds is 5. The van der Waals surface area contributed by atoms with E-state index in [4.69, 9.17) is 14.0 Å². The van der Waals surface area contributed by atoms with Crippen molar-refractivity contribution >= 4 is 16.9 Å². The third kappa shape index (κ3) is 5.15. The van der Waals surface area contributed by atoms with Gasteiger partial charge in [0.1, 0.15) is 11.8 Å². The zero-order valence-corrected chi connectivity index (χ0v) is 18.1. The van der Waals surface area contributed by atoms with E-state index >= 15 is 0 Å². The van der Waals surface area contributed by atoms with Crippen molar-refractivity contribution in [3.05, 3.63) is 29.7 Å². The topological polar surface area (TPSA) is 97.1 Å². The fraction of sp³-hybridized carbons (Fsp3) is 0.619. The Bertz CT molecular complexity index is 892. The predicted molar refractivity (Wildman–Crippen MR) is 108 cm³/mol. The van der Waals surface area contributed by atoms with Crippen LogP contribution in [0.3, 0.4) is 0 Å². The molecule has 2 aromatic rings. The maximum Gasteiger partial charge on any atom is 0.251 e. The molecule has 0 saturated carbocycles. The van der Waals surface area contributed by atoms with Crippen LogP contribution in [0.15, 0.2) is 22.7 Å². The summed E-state index contributed by atoms with van der Waals surface area (Å²) >= 11 is 0. The summed E-state index contributed by atoms with van der Waals surface area (Å²) in [7, 11) is 0. The molecular weight excluding hydrogens is 393 g/mol. The second-order valence-corrected chi connectivity index (χ2v) is 9.03. The molecule has 1 aromatic heterocycles. The van der Waals surface area contributed by atoms with Crippen LogP contribution in [-0.2, 0) is 19.8 Å². The number of aromatic nitrogens is 1. The largest absolute Gasteiger partial charge is 0.367 e. The molecule has 0 aliphatic carbocycles. The van der Waals surface area contributed by atoms with Crippen molar-refractivity contribution < 1.29 is 28.3 Å². The highest BCUT2D eigenvalue weighted by atomic mass is 19.1. The minimum Gasteiger partial charge on any atom is -0.367 e. The normalized spacial score (nSPS) is 20.2. The minimum absolute atomic E-state index is 0.0502. The molecule has 1 fully saturated rings. The summed E-state index contributed by atoms with van der Waals surface area (Å²) < 4.78 is 30.4. The zero-order chi connectivity index (χ0) is 22.1. The van der Waals surface area contributed by atoms with Crippen LogP contribution >= 0.6 is 0 Å². The van der Waals surface area contributed by atoms with Crippen molar-refractivity contribution in [3.63, 3.8) is 0 Å². The number of fused-ring (bicyclic) bond motifs is 1. The first-order valence-electron chi connectivity index (χ1n) is 10.1. The number of hydrogen-bond donors (Lipinski definition) is 2. The molecule has 1 aromatic carbocycles. The number of amides is 1. The van der Waals surface area contributed by atoms with E-state index < -0.39 is 29.5 Å². The Morgan fingerprint density at radius 1 is 1.37 bits per heavy atom. The Kier molecular flexibility index (Phi) is 6.47. The van der Waals surface area contributed by atoms with E-state index in [0.29, 0.717) is 30.7 Å². The van der Waals surface area contributed by atoms with Gasteiger partial charge in [-0.05, 0) is 53.2 Å². The van der Waals surface area contributed by atoms with Crippen LogP contribution in [0.1, 0.15) is 46.7 Å². The molecule has 1 amide bonds. The number of aliphatic hydroxyl groups excluding tert-OH is 1. The number of para-hydroxylation sites is 1. The van der Waals surface area contributed by atoms with E-state index in [9.17, 15) is 14.3 Å². The molecule has 30 heavy (non-hydrogen) atoms. The van der Waals surface area contributed by atoms with Crippen LogP contribution < -0.4 is 5.32 Å². The van der Waals surface area contributed by atoms with Gasteiger partial charge in [-0.15, -0.1) is 0 Å². The second kappa shape index (κ2) is 8.58. The maximum atomic E-state index is 13.9. The lowest BCUT2D eigenvalue weighted by Gasteiger charge is -2.33. The van der Waals surface area contributed by atoms with Gasteiger partial charge < -0.3 is 24.4 Å². The molecule has 0 spiro atoms. The Balaban J connectivity index is 1.73. The number of carbonyl (C=O) groups is 1. The minimum atomic E-state index is -1.14. The predicted octanol–water partition coefficient (Wildman–Crippen LogP) is 2.50. The molecule has 0 bridgehead atoms. The number of nitrogens with one attached hydrogen (secondary N) is 1. The molecule has 8 nitrogen and oxygen atoms in total. The first kappa shape index (κ1) is 22.6. The van der Waals surface area contributed by atoms with Gasteiger partial charge in [0.05, 0.1) is 16.5 Å². The van der Waals surface area contributed by atoms with E-state index in [1.807, 2.05) is 20.8 Å². The van der Waals surface area contributed by atoms with E-state index in [2.05, 4.69) is 10.5 Å². The van der Waals surface area contributed by atoms with Crippen molar-refractivity contribution in [1.29, 1.82) is 0 Å². The van der Waals surface area contributed by atoms with Crippen molar-refractivity contribution in [2.75, 3.05) is 19.7 Å². The quantitative estimate of drug-likeness (QED) is 0.713. The first-order chi connectivity index (χ1) is 14.0. The number of ether oxygens (including phenoxy) is 2. The Labute approximate surface area is 175 Å². The highest BCUT2D eigenvalue weighted by molar-refractivity contribution is 5.84. The van der Waals surface area contributed by atoms with E-state index in [1.165, 1.54) is 6.07 Å². The Hall–Kier alpha value is -2.07. The van der Waals surface area contributed by atoms with Gasteiger partial charge in [-0.2, -0.15) is 0 Å². The molecule has 2 unspecified atom stereocenters. The molecule has 1 aliphatic rings. The molecule has 2 heterocycles. The third-order valence-corrected chi connectivity index (χ3v) is 4.85. The highest BCUT2D eigenvalue weighted by Crippen LogP contribution is 2.29. The second-order valence-electron chi connectivity index (χ2n) is 9.03. The molecule has 9 heteroatoms. The fourth-order valence-electron chi connectivity index (χ4n) is 3.43. The summed E-state index contributed by atoms with van der Waals surface area (Å²) in [5.41, 5.74) is -0.992. The summed E-state index contributed by atoms with van der Waals surface area (Å²) in [4.78, 5) is 14.7. The number of halogens is 1. The Morgan fingerprint density at radius 3 is 2.80 bits per heavy atom. The van der Waals surface area contributed by atoms with E-state index in [1.54, 1.807) is 30.9 Å². The fourth-order valence-corrected chi connectivity index (χ4v) is 3.43. The summed E-state index contributed by atoms with van der Waals surface area (Å²) in [5.74, 6) is -0.869. The molecule has 1 saturated heterocycles. The van der Waals surface area contributed by atoms with Crippen molar-refractivity contribution in [2.24, 2.45) is 0 Å². The average Bonchev–Trinajstić information content (AvgIpc) is 2.92. The lowest BCUT2D eigenvalue weighted by Crippen LogP contribution is -2.52. The molecule has 166 valence electrons. The number of benzene rings is 1. The van der Waals surface area contributed by atoms with Crippen molar-refractivity contribution in [1.82, 2.24) is 15.4 Å². The summed E-state index contributed by atoms with van der Waals surface area (Å²) in [6.07, 6.45) is -1.29. The van der Waals surface area contributed by atoms with Crippen LogP contribution in [0.2, 0.25) is 0 Å². The zero-order valence-electron chi connectivity index (χ0n) is 18.1. The number of hydrogen-bond acceptors (Lipinski definition) is 7. The summed E-state index contributed by atoms with van der Waals surface area (Å²) in [6, 6.07) is 4.56. The molecule has 2 atom stereocenters. The molecule has 1 aliphatic heterocycles. The van der Waals surface area contributed by atoms with Gasteiger partial charge >= 0.3 is 0 Å². The van der Waals surface area contributed by atoms with Crippen LogP contribution in [0.4, 0.5) is 4.39 Å². The van der Waals surface area contributed by atoms with Crippen LogP contribution in [-0.4, -0.2) is 58.9 Å². The first-order valence-corrected chi connectivity index (χ1v) is 10.1. The van der Waals surface area contributed by atoms with E-state index in [0.717, 1.165) is 0 Å². The van der Waals surface area contributed by atoms with Crippen LogP contribution in [0.25, 0.3) is 11.0 Å². The van der Waals surface area contributed by atoms with Crippen LogP contribution in [0, 0.1) is 5.82 Å². The van der Waals surface area contributed by atoms with Gasteiger partial charge in [0.25, 0.3) is 5.91 Å². The highest BCUT2D eigenvalue weighted by Gasteiger charge is 2.35. The van der Waals surface area contributed by atoms with Crippen molar-refractivity contribution in [3.8, 4) is 0 Å². The summed E-state index contributed by atoms with van der Waals surface area (Å²) in [6.45, 7) is 10.2. The molecule has 0 radical (unpaired) electrons. The number of aliphatic hydroxyl groups is 1. The van der Waals surface area contributed by atoms with E-state index in [-0.39, 0.29) is 18.0 Å². The van der Waals surface area contributed by atoms with Gasteiger partial charge in [0.2, 0.25) is 12.0 Å². The molecule has 3 rings (SSSR count). The SMILES string of the molecule is CC(C)(C)OC(O)N1CCCOC(C(=O)NC(C)(C)c2noc3c(F)cccc23)C1.